The van der Waals surface area contributed by atoms with Gasteiger partial charge in [0.25, 0.3) is 0 Å². The van der Waals surface area contributed by atoms with Crippen LogP contribution in [0.5, 0.6) is 5.75 Å². The summed E-state index contributed by atoms with van der Waals surface area (Å²) in [5.74, 6) is 0.0378. The third kappa shape index (κ3) is 6.14. The van der Waals surface area contributed by atoms with Crippen molar-refractivity contribution < 1.29 is 33.1 Å². The van der Waals surface area contributed by atoms with Gasteiger partial charge in [0.15, 0.2) is 0 Å². The summed E-state index contributed by atoms with van der Waals surface area (Å²) in [6, 6.07) is 4.55. The molecular weight excluding hydrogens is 401 g/mol. The lowest BCUT2D eigenvalue weighted by molar-refractivity contribution is -0.143. The normalized spacial score (nSPS) is 18.3. The lowest BCUT2D eigenvalue weighted by Crippen LogP contribution is -2.45. The first-order valence-corrected chi connectivity index (χ1v) is 10.3. The van der Waals surface area contributed by atoms with E-state index in [4.69, 9.17) is 23.5 Å². The minimum atomic E-state index is -0.917. The fraction of sp³-hybridized carbons (Fsp3) is 0.636. The molecule has 0 saturated carbocycles. The van der Waals surface area contributed by atoms with Gasteiger partial charge < -0.3 is 28.8 Å². The van der Waals surface area contributed by atoms with Crippen molar-refractivity contribution in [2.45, 2.75) is 77.7 Å². The Morgan fingerprint density at radius 2 is 1.68 bits per heavy atom. The van der Waals surface area contributed by atoms with Gasteiger partial charge in [-0.05, 0) is 60.1 Å². The summed E-state index contributed by atoms with van der Waals surface area (Å²) in [4.78, 5) is 24.5. The van der Waals surface area contributed by atoms with E-state index in [0.717, 1.165) is 5.56 Å². The van der Waals surface area contributed by atoms with E-state index in [-0.39, 0.29) is 6.42 Å². The van der Waals surface area contributed by atoms with E-state index in [0.29, 0.717) is 11.2 Å². The number of carbonyl (C=O) groups is 2. The zero-order chi connectivity index (χ0) is 23.6. The zero-order valence-corrected chi connectivity index (χ0v) is 20.0. The number of methoxy groups -OCH3 is 2. The van der Waals surface area contributed by atoms with E-state index >= 15 is 0 Å². The number of ether oxygens (including phenoxy) is 3. The molecule has 1 saturated heterocycles. The Bertz CT molecular complexity index is 801. The van der Waals surface area contributed by atoms with Crippen LogP contribution < -0.4 is 15.5 Å². The van der Waals surface area contributed by atoms with E-state index in [1.165, 1.54) is 7.11 Å². The first-order chi connectivity index (χ1) is 14.2. The molecule has 0 aliphatic carbocycles. The average molecular weight is 435 g/mol. The number of hydrogen-bond donors (Lipinski definition) is 1. The number of rotatable bonds is 6. The van der Waals surface area contributed by atoms with Crippen LogP contribution in [0.15, 0.2) is 18.2 Å². The summed E-state index contributed by atoms with van der Waals surface area (Å²) >= 11 is 0. The van der Waals surface area contributed by atoms with Crippen LogP contribution in [0, 0.1) is 0 Å². The van der Waals surface area contributed by atoms with Crippen LogP contribution in [-0.4, -0.2) is 56.2 Å². The number of hydrogen-bond acceptors (Lipinski definition) is 7. The van der Waals surface area contributed by atoms with Gasteiger partial charge in [0.05, 0.1) is 25.4 Å². The maximum absolute atomic E-state index is 12.3. The van der Waals surface area contributed by atoms with Crippen LogP contribution in [0.4, 0.5) is 4.79 Å². The second-order valence-electron chi connectivity index (χ2n) is 9.59. The fourth-order valence-corrected chi connectivity index (χ4v) is 3.09. The van der Waals surface area contributed by atoms with Crippen molar-refractivity contribution in [1.29, 1.82) is 0 Å². The molecule has 1 aromatic rings. The molecule has 31 heavy (non-hydrogen) atoms. The van der Waals surface area contributed by atoms with Crippen LogP contribution in [-0.2, 0) is 30.0 Å². The van der Waals surface area contributed by atoms with Gasteiger partial charge >= 0.3 is 19.2 Å². The summed E-state index contributed by atoms with van der Waals surface area (Å²) in [5.41, 5.74) is -0.220. The molecule has 1 atom stereocenters. The Morgan fingerprint density at radius 3 is 2.16 bits per heavy atom. The molecule has 0 bridgehead atoms. The average Bonchev–Trinajstić information content (AvgIpc) is 2.86. The fourth-order valence-electron chi connectivity index (χ4n) is 3.09. The van der Waals surface area contributed by atoms with E-state index < -0.39 is 42.0 Å². The topological polar surface area (TPSA) is 92.3 Å². The lowest BCUT2D eigenvalue weighted by atomic mass is 9.77. The molecule has 1 fully saturated rings. The first-order valence-electron chi connectivity index (χ1n) is 10.3. The van der Waals surface area contributed by atoms with Crippen molar-refractivity contribution in [2.24, 2.45) is 0 Å². The Kier molecular flexibility index (Phi) is 7.33. The largest absolute Gasteiger partial charge is 0.498 e. The highest BCUT2D eigenvalue weighted by Crippen LogP contribution is 2.37. The molecular formula is C22H34BNO7. The Morgan fingerprint density at radius 1 is 1.10 bits per heavy atom. The van der Waals surface area contributed by atoms with Gasteiger partial charge in [0.1, 0.15) is 17.4 Å². The number of amides is 1. The lowest BCUT2D eigenvalue weighted by Gasteiger charge is -2.32. The number of nitrogens with one attached hydrogen (secondary N) is 1. The van der Waals surface area contributed by atoms with Gasteiger partial charge in [-0.3, -0.25) is 0 Å². The van der Waals surface area contributed by atoms with Crippen LogP contribution in [0.25, 0.3) is 0 Å². The van der Waals surface area contributed by atoms with Crippen LogP contribution in [0.1, 0.15) is 54.0 Å². The molecule has 1 N–H and O–H groups in total. The second-order valence-corrected chi connectivity index (χ2v) is 9.59. The molecule has 0 spiro atoms. The maximum Gasteiger partial charge on any atom is 0.498 e. The minimum Gasteiger partial charge on any atom is -0.497 e. The summed E-state index contributed by atoms with van der Waals surface area (Å²) in [6.45, 7) is 13.1. The van der Waals surface area contributed by atoms with Crippen LogP contribution in [0.2, 0.25) is 0 Å². The van der Waals surface area contributed by atoms with E-state index in [9.17, 15) is 9.59 Å². The molecule has 9 heteroatoms. The Labute approximate surface area is 185 Å². The standard InChI is InChI=1S/C22H34BNO7/c1-20(2,3)29-19(26)24-16(18(25)28-9)13-14-10-11-17(27-8)15(12-14)23-30-21(4,5)22(6,7)31-23/h10-12,16H,13H2,1-9H3,(H,24,26)/t16-/m0/s1. The van der Waals surface area contributed by atoms with Crippen molar-refractivity contribution >= 4 is 24.6 Å². The molecule has 1 aromatic carbocycles. The molecule has 8 nitrogen and oxygen atoms in total. The van der Waals surface area contributed by atoms with Crippen molar-refractivity contribution in [3.63, 3.8) is 0 Å². The Balaban J connectivity index is 2.28. The number of carbonyl (C=O) groups excluding carboxylic acids is 2. The van der Waals surface area contributed by atoms with Crippen molar-refractivity contribution in [2.75, 3.05) is 14.2 Å². The highest BCUT2D eigenvalue weighted by atomic mass is 16.7. The molecule has 0 radical (unpaired) electrons. The van der Waals surface area contributed by atoms with E-state index in [1.54, 1.807) is 33.9 Å². The molecule has 172 valence electrons. The molecule has 0 aromatic heterocycles. The van der Waals surface area contributed by atoms with Crippen LogP contribution in [0.3, 0.4) is 0 Å². The quantitative estimate of drug-likeness (QED) is 0.543. The molecule has 0 unspecified atom stereocenters. The molecule has 1 heterocycles. The molecule has 1 aliphatic rings. The molecule has 1 amide bonds. The number of esters is 1. The summed E-state index contributed by atoms with van der Waals surface area (Å²) in [7, 11) is 2.22. The van der Waals surface area contributed by atoms with Crippen molar-refractivity contribution in [3.05, 3.63) is 23.8 Å². The third-order valence-corrected chi connectivity index (χ3v) is 5.42. The second kappa shape index (κ2) is 9.08. The molecule has 1 aliphatic heterocycles. The maximum atomic E-state index is 12.3. The highest BCUT2D eigenvalue weighted by Gasteiger charge is 2.52. The van der Waals surface area contributed by atoms with Crippen molar-refractivity contribution in [1.82, 2.24) is 5.32 Å². The summed E-state index contributed by atoms with van der Waals surface area (Å²) < 4.78 is 27.9. The van der Waals surface area contributed by atoms with Gasteiger partial charge in [-0.1, -0.05) is 12.1 Å². The number of benzene rings is 1. The third-order valence-electron chi connectivity index (χ3n) is 5.42. The Hall–Kier alpha value is -2.26. The van der Waals surface area contributed by atoms with Crippen molar-refractivity contribution in [3.8, 4) is 5.75 Å². The SMILES string of the molecule is COC(=O)[C@H](Cc1ccc(OC)c(B2OC(C)(C)C(C)(C)O2)c1)NC(=O)OC(C)(C)C. The van der Waals surface area contributed by atoms with Gasteiger partial charge in [-0.15, -0.1) is 0 Å². The van der Waals surface area contributed by atoms with Gasteiger partial charge in [0, 0.05) is 11.9 Å². The van der Waals surface area contributed by atoms with Gasteiger partial charge in [-0.25, -0.2) is 9.59 Å². The summed E-state index contributed by atoms with van der Waals surface area (Å²) in [6.07, 6.45) is -0.495. The van der Waals surface area contributed by atoms with E-state index in [2.05, 4.69) is 5.32 Å². The number of alkyl carbamates (subject to hydrolysis) is 1. The minimum absolute atomic E-state index is 0.197. The van der Waals surface area contributed by atoms with E-state index in [1.807, 2.05) is 39.8 Å². The van der Waals surface area contributed by atoms with Gasteiger partial charge in [-0.2, -0.15) is 0 Å². The first kappa shape index (κ1) is 25.0. The smallest absolute Gasteiger partial charge is 0.497 e. The predicted octanol–water partition coefficient (Wildman–Crippen LogP) is 2.60. The zero-order valence-electron chi connectivity index (χ0n) is 20.0. The van der Waals surface area contributed by atoms with Gasteiger partial charge in [0.2, 0.25) is 0 Å². The molecule has 2 rings (SSSR count). The highest BCUT2D eigenvalue weighted by molar-refractivity contribution is 6.63. The predicted molar refractivity (Wildman–Crippen MR) is 118 cm³/mol. The monoisotopic (exact) mass is 435 g/mol. The van der Waals surface area contributed by atoms with Crippen LogP contribution >= 0.6 is 0 Å². The summed E-state index contributed by atoms with van der Waals surface area (Å²) in [5, 5.41) is 2.59.